The summed E-state index contributed by atoms with van der Waals surface area (Å²) in [5, 5.41) is 34.5. The third kappa shape index (κ3) is 8.24. The molecule has 6 nitrogen and oxygen atoms in total. The minimum absolute atomic E-state index is 0.0705. The molecule has 0 bridgehead atoms. The number of allylic oxidation sites excluding steroid dienone is 2. The summed E-state index contributed by atoms with van der Waals surface area (Å²) < 4.78 is 5.55. The molecule has 0 radical (unpaired) electrons. The summed E-state index contributed by atoms with van der Waals surface area (Å²) in [5.74, 6) is 0.351. The summed E-state index contributed by atoms with van der Waals surface area (Å²) in [6.07, 6.45) is 10.7. The monoisotopic (exact) mass is 463 g/mol. The molecule has 1 aromatic rings. The Labute approximate surface area is 194 Å². The van der Waals surface area contributed by atoms with E-state index in [1.54, 1.807) is 36.4 Å². The van der Waals surface area contributed by atoms with Gasteiger partial charge >= 0.3 is 0 Å². The second kappa shape index (κ2) is 12.4. The van der Waals surface area contributed by atoms with Gasteiger partial charge in [0.15, 0.2) is 0 Å². The molecule has 1 amide bonds. The number of ether oxygens (including phenoxy) is 1. The van der Waals surface area contributed by atoms with E-state index in [4.69, 9.17) is 16.3 Å². The Hall–Kier alpha value is -1.86. The van der Waals surface area contributed by atoms with Crippen LogP contribution < -0.4 is 10.1 Å². The highest BCUT2D eigenvalue weighted by atomic mass is 35.5. The van der Waals surface area contributed by atoms with Gasteiger partial charge in [0.25, 0.3) is 0 Å². The summed E-state index contributed by atoms with van der Waals surface area (Å²) in [4.78, 5) is 11.7. The Morgan fingerprint density at radius 3 is 2.81 bits per heavy atom. The maximum Gasteiger partial charge on any atom is 0.220 e. The lowest BCUT2D eigenvalue weighted by Gasteiger charge is -2.19. The van der Waals surface area contributed by atoms with Crippen LogP contribution in [0.15, 0.2) is 48.6 Å². The summed E-state index contributed by atoms with van der Waals surface area (Å²) >= 11 is 5.93. The highest BCUT2D eigenvalue weighted by molar-refractivity contribution is 6.30. The first-order chi connectivity index (χ1) is 15.4. The van der Waals surface area contributed by atoms with Crippen molar-refractivity contribution >= 4 is 17.5 Å². The van der Waals surface area contributed by atoms with Gasteiger partial charge in [0.05, 0.1) is 12.2 Å². The van der Waals surface area contributed by atoms with Gasteiger partial charge in [0, 0.05) is 29.8 Å². The third-order valence-corrected chi connectivity index (χ3v) is 6.22. The fourth-order valence-electron chi connectivity index (χ4n) is 4.04. The zero-order valence-corrected chi connectivity index (χ0v) is 19.0. The van der Waals surface area contributed by atoms with Crippen LogP contribution in [-0.4, -0.2) is 52.2 Å². The highest BCUT2D eigenvalue weighted by Gasteiger charge is 2.39. The number of benzene rings is 1. The Morgan fingerprint density at radius 1 is 1.25 bits per heavy atom. The number of halogens is 1. The Bertz CT molecular complexity index is 794. The molecule has 0 saturated heterocycles. The van der Waals surface area contributed by atoms with E-state index in [0.717, 1.165) is 25.7 Å². The Morgan fingerprint density at radius 2 is 2.06 bits per heavy atom. The molecule has 2 saturated carbocycles. The van der Waals surface area contributed by atoms with E-state index in [1.807, 2.05) is 12.2 Å². The molecular formula is C25H34ClNO5. The maximum atomic E-state index is 11.7. The average Bonchev–Trinajstić information content (AvgIpc) is 3.52. The SMILES string of the molecule is O=C(CCCC=CC[C@@H]1[C@@H](C=C[C@@H](O)COc2cccc(Cl)c2)[C@H](O)C[C@@H]1O)NC1CC1. The second-order valence-electron chi connectivity index (χ2n) is 8.77. The number of rotatable bonds is 12. The van der Waals surface area contributed by atoms with Crippen molar-refractivity contribution in [3.63, 3.8) is 0 Å². The minimum atomic E-state index is -0.836. The van der Waals surface area contributed by atoms with Crippen molar-refractivity contribution in [2.24, 2.45) is 11.8 Å². The molecule has 0 aliphatic heterocycles. The second-order valence-corrected chi connectivity index (χ2v) is 9.21. The molecule has 2 aliphatic rings. The van der Waals surface area contributed by atoms with Crippen molar-refractivity contribution in [1.29, 1.82) is 0 Å². The van der Waals surface area contributed by atoms with E-state index in [2.05, 4.69) is 5.32 Å². The van der Waals surface area contributed by atoms with Gasteiger partial charge in [-0.15, -0.1) is 0 Å². The molecule has 3 rings (SSSR count). The molecule has 32 heavy (non-hydrogen) atoms. The third-order valence-electron chi connectivity index (χ3n) is 5.98. The van der Waals surface area contributed by atoms with Gasteiger partial charge in [0.1, 0.15) is 18.5 Å². The molecule has 176 valence electrons. The number of aliphatic hydroxyl groups excluding tert-OH is 3. The van der Waals surface area contributed by atoms with Gasteiger partial charge < -0.3 is 25.4 Å². The quantitative estimate of drug-likeness (QED) is 0.281. The van der Waals surface area contributed by atoms with Crippen LogP contribution in [0.1, 0.15) is 44.9 Å². The zero-order valence-electron chi connectivity index (χ0n) is 18.3. The molecule has 0 aromatic heterocycles. The number of amides is 1. The van der Waals surface area contributed by atoms with E-state index in [-0.39, 0.29) is 24.3 Å². The zero-order chi connectivity index (χ0) is 22.9. The molecule has 1 aromatic carbocycles. The van der Waals surface area contributed by atoms with E-state index in [1.165, 1.54) is 0 Å². The molecular weight excluding hydrogens is 430 g/mol. The Kier molecular flexibility index (Phi) is 9.60. The van der Waals surface area contributed by atoms with Gasteiger partial charge in [-0.3, -0.25) is 4.79 Å². The first-order valence-electron chi connectivity index (χ1n) is 11.5. The van der Waals surface area contributed by atoms with Gasteiger partial charge in [-0.2, -0.15) is 0 Å². The van der Waals surface area contributed by atoms with Crippen LogP contribution in [0.25, 0.3) is 0 Å². The number of nitrogens with one attached hydrogen (secondary N) is 1. The lowest BCUT2D eigenvalue weighted by molar-refractivity contribution is -0.121. The normalized spacial score (nSPS) is 26.6. The molecule has 5 atom stereocenters. The van der Waals surface area contributed by atoms with E-state index in [0.29, 0.717) is 36.1 Å². The van der Waals surface area contributed by atoms with Crippen LogP contribution in [-0.2, 0) is 4.79 Å². The molecule has 0 spiro atoms. The van der Waals surface area contributed by atoms with Crippen LogP contribution in [0, 0.1) is 11.8 Å². The van der Waals surface area contributed by atoms with Crippen LogP contribution >= 0.6 is 11.6 Å². The topological polar surface area (TPSA) is 99.0 Å². The van der Waals surface area contributed by atoms with Gasteiger partial charge in [-0.1, -0.05) is 42.0 Å². The fraction of sp³-hybridized carbons (Fsp3) is 0.560. The average molecular weight is 464 g/mol. The van der Waals surface area contributed by atoms with Gasteiger partial charge in [-0.05, 0) is 56.2 Å². The fourth-order valence-corrected chi connectivity index (χ4v) is 4.22. The lowest BCUT2D eigenvalue weighted by Crippen LogP contribution is -2.24. The molecule has 0 unspecified atom stereocenters. The largest absolute Gasteiger partial charge is 0.491 e. The summed E-state index contributed by atoms with van der Waals surface area (Å²) in [7, 11) is 0. The highest BCUT2D eigenvalue weighted by Crippen LogP contribution is 2.36. The number of aliphatic hydroxyl groups is 3. The van der Waals surface area contributed by atoms with E-state index < -0.39 is 18.3 Å². The first kappa shape index (κ1) is 24.8. The van der Waals surface area contributed by atoms with Crippen LogP contribution in [0.3, 0.4) is 0 Å². The number of hydrogen-bond donors (Lipinski definition) is 4. The van der Waals surface area contributed by atoms with Crippen molar-refractivity contribution in [1.82, 2.24) is 5.32 Å². The predicted molar refractivity (Wildman–Crippen MR) is 124 cm³/mol. The summed E-state index contributed by atoms with van der Waals surface area (Å²) in [5.41, 5.74) is 0. The smallest absolute Gasteiger partial charge is 0.220 e. The predicted octanol–water partition coefficient (Wildman–Crippen LogP) is 3.39. The van der Waals surface area contributed by atoms with Crippen molar-refractivity contribution in [2.45, 2.75) is 69.3 Å². The molecule has 2 fully saturated rings. The standard InChI is InChI=1S/C25H34ClNO5/c26-17-6-5-7-20(14-17)32-16-19(28)12-13-22-21(23(29)15-24(22)30)8-3-1-2-4-9-25(31)27-18-10-11-18/h1,3,5-7,12-14,18-19,21-24,28-30H,2,4,8-11,15-16H2,(H,27,31)/t19-,21-,22-,23+,24-/m1/s1. The van der Waals surface area contributed by atoms with Crippen molar-refractivity contribution < 1.29 is 24.9 Å². The number of carbonyl (C=O) groups excluding carboxylic acids is 1. The summed E-state index contributed by atoms with van der Waals surface area (Å²) in [6.45, 7) is 0.0705. The van der Waals surface area contributed by atoms with Gasteiger partial charge in [0.2, 0.25) is 5.91 Å². The van der Waals surface area contributed by atoms with Crippen molar-refractivity contribution in [3.8, 4) is 5.75 Å². The van der Waals surface area contributed by atoms with Gasteiger partial charge in [-0.25, -0.2) is 0 Å². The molecule has 7 heteroatoms. The maximum absolute atomic E-state index is 11.7. The van der Waals surface area contributed by atoms with E-state index in [9.17, 15) is 20.1 Å². The summed E-state index contributed by atoms with van der Waals surface area (Å²) in [6, 6.07) is 7.37. The van der Waals surface area contributed by atoms with E-state index >= 15 is 0 Å². The van der Waals surface area contributed by atoms with Crippen LogP contribution in [0.2, 0.25) is 5.02 Å². The number of carbonyl (C=O) groups is 1. The van der Waals surface area contributed by atoms with Crippen LogP contribution in [0.5, 0.6) is 5.75 Å². The number of unbranched alkanes of at least 4 members (excludes halogenated alkanes) is 1. The lowest BCUT2D eigenvalue weighted by atomic mass is 9.89. The molecule has 4 N–H and O–H groups in total. The van der Waals surface area contributed by atoms with Crippen LogP contribution in [0.4, 0.5) is 0 Å². The van der Waals surface area contributed by atoms with Crippen molar-refractivity contribution in [2.75, 3.05) is 6.61 Å². The van der Waals surface area contributed by atoms with Crippen molar-refractivity contribution in [3.05, 3.63) is 53.6 Å². The Balaban J connectivity index is 1.40. The molecule has 2 aliphatic carbocycles. The molecule has 0 heterocycles. The minimum Gasteiger partial charge on any atom is -0.491 e. The number of hydrogen-bond acceptors (Lipinski definition) is 5. The first-order valence-corrected chi connectivity index (χ1v) is 11.9.